The highest BCUT2D eigenvalue weighted by Gasteiger charge is 2.40. The zero-order valence-corrected chi connectivity index (χ0v) is 16.9. The zero-order chi connectivity index (χ0) is 20.4. The molecular formula is C21H32F3NO2. The normalized spacial score (nSPS) is 21.1. The molecule has 6 heteroatoms. The Hall–Kier alpha value is -1.43. The summed E-state index contributed by atoms with van der Waals surface area (Å²) in [7, 11) is 1.70. The van der Waals surface area contributed by atoms with Crippen LogP contribution in [0.5, 0.6) is 5.75 Å². The first-order valence-electron chi connectivity index (χ1n) is 9.83. The van der Waals surface area contributed by atoms with Crippen LogP contribution in [0.1, 0.15) is 70.4 Å². The number of ether oxygens (including phenoxy) is 1. The second kappa shape index (κ2) is 8.72. The van der Waals surface area contributed by atoms with E-state index in [-0.39, 0.29) is 23.4 Å². The molecule has 1 fully saturated rings. The minimum atomic E-state index is -4.47. The first kappa shape index (κ1) is 21.9. The number of halogens is 3. The van der Waals surface area contributed by atoms with Gasteiger partial charge in [-0.05, 0) is 55.2 Å². The van der Waals surface area contributed by atoms with Gasteiger partial charge in [0.15, 0.2) is 0 Å². The minimum absolute atomic E-state index is 0.0257. The van der Waals surface area contributed by atoms with Gasteiger partial charge in [-0.1, -0.05) is 27.7 Å². The average molecular weight is 387 g/mol. The van der Waals surface area contributed by atoms with E-state index in [1.165, 1.54) is 0 Å². The number of aliphatic hydroxyl groups excluding tert-OH is 1. The monoisotopic (exact) mass is 387 g/mol. The minimum Gasteiger partial charge on any atom is -0.494 e. The molecule has 0 aliphatic heterocycles. The van der Waals surface area contributed by atoms with Gasteiger partial charge in [-0.3, -0.25) is 0 Å². The fourth-order valence-corrected chi connectivity index (χ4v) is 3.39. The number of hydrogen-bond donors (Lipinski definition) is 1. The lowest BCUT2D eigenvalue weighted by Crippen LogP contribution is -2.46. The molecule has 0 amide bonds. The molecule has 1 aromatic rings. The van der Waals surface area contributed by atoms with E-state index in [9.17, 15) is 18.3 Å². The molecule has 0 bridgehead atoms. The van der Waals surface area contributed by atoms with Gasteiger partial charge in [0.2, 0.25) is 0 Å². The average Bonchev–Trinajstić information content (AvgIpc) is 2.55. The lowest BCUT2D eigenvalue weighted by molar-refractivity contribution is -0.137. The lowest BCUT2D eigenvalue weighted by Gasteiger charge is -2.42. The van der Waals surface area contributed by atoms with E-state index >= 15 is 0 Å². The van der Waals surface area contributed by atoms with Crippen LogP contribution in [0.2, 0.25) is 0 Å². The molecule has 1 N–H and O–H groups in total. The van der Waals surface area contributed by atoms with E-state index in [0.717, 1.165) is 18.9 Å². The van der Waals surface area contributed by atoms with E-state index in [1.54, 1.807) is 18.0 Å². The van der Waals surface area contributed by atoms with Crippen molar-refractivity contribution in [2.45, 2.75) is 77.6 Å². The number of benzene rings is 1. The van der Waals surface area contributed by atoms with Crippen LogP contribution < -0.4 is 9.64 Å². The van der Waals surface area contributed by atoms with Gasteiger partial charge in [0.05, 0.1) is 24.0 Å². The number of rotatable bonds is 8. The van der Waals surface area contributed by atoms with Gasteiger partial charge in [0.25, 0.3) is 0 Å². The first-order chi connectivity index (χ1) is 12.5. The molecule has 2 rings (SSSR count). The SMILES string of the molecule is CCC(C)c1cc(OCCC(C)C)cc(C(F)(F)F)c1N(C)C1CC(O)C1. The molecule has 0 heterocycles. The van der Waals surface area contributed by atoms with E-state index in [0.29, 0.717) is 30.9 Å². The van der Waals surface area contributed by atoms with Crippen LogP contribution in [0.3, 0.4) is 0 Å². The Morgan fingerprint density at radius 1 is 1.22 bits per heavy atom. The highest BCUT2D eigenvalue weighted by molar-refractivity contribution is 5.65. The summed E-state index contributed by atoms with van der Waals surface area (Å²) < 4.78 is 47.4. The molecule has 0 radical (unpaired) electrons. The van der Waals surface area contributed by atoms with Crippen molar-refractivity contribution in [2.75, 3.05) is 18.6 Å². The predicted octanol–water partition coefficient (Wildman–Crippen LogP) is 5.60. The second-order valence-electron chi connectivity index (χ2n) is 8.14. The number of aliphatic hydroxyl groups is 1. The van der Waals surface area contributed by atoms with Crippen molar-refractivity contribution in [1.29, 1.82) is 0 Å². The van der Waals surface area contributed by atoms with E-state index in [1.807, 2.05) is 13.8 Å². The fraction of sp³-hybridized carbons (Fsp3) is 0.714. The van der Waals surface area contributed by atoms with Crippen LogP contribution in [-0.2, 0) is 6.18 Å². The molecule has 0 spiro atoms. The van der Waals surface area contributed by atoms with Crippen molar-refractivity contribution in [1.82, 2.24) is 0 Å². The zero-order valence-electron chi connectivity index (χ0n) is 16.9. The molecule has 1 atom stereocenters. The maximum atomic E-state index is 13.9. The van der Waals surface area contributed by atoms with E-state index < -0.39 is 17.8 Å². The van der Waals surface area contributed by atoms with Gasteiger partial charge in [-0.15, -0.1) is 0 Å². The summed E-state index contributed by atoms with van der Waals surface area (Å²) in [5, 5.41) is 9.59. The van der Waals surface area contributed by atoms with Crippen LogP contribution >= 0.6 is 0 Å². The summed E-state index contributed by atoms with van der Waals surface area (Å²) in [5.74, 6) is 0.683. The van der Waals surface area contributed by atoms with Gasteiger partial charge in [0, 0.05) is 13.1 Å². The van der Waals surface area contributed by atoms with E-state index in [4.69, 9.17) is 4.74 Å². The van der Waals surface area contributed by atoms with Crippen LogP contribution in [0.15, 0.2) is 12.1 Å². The van der Waals surface area contributed by atoms with Crippen LogP contribution in [-0.4, -0.2) is 30.9 Å². The molecule has 154 valence electrons. The molecule has 3 nitrogen and oxygen atoms in total. The molecule has 1 saturated carbocycles. The van der Waals surface area contributed by atoms with Crippen molar-refractivity contribution in [2.24, 2.45) is 5.92 Å². The van der Waals surface area contributed by atoms with Crippen LogP contribution in [0.4, 0.5) is 18.9 Å². The molecule has 1 aliphatic carbocycles. The Morgan fingerprint density at radius 2 is 1.85 bits per heavy atom. The third-order valence-electron chi connectivity index (χ3n) is 5.51. The number of alkyl halides is 3. The van der Waals surface area contributed by atoms with Gasteiger partial charge >= 0.3 is 6.18 Å². The summed E-state index contributed by atoms with van der Waals surface area (Å²) in [4.78, 5) is 1.70. The topological polar surface area (TPSA) is 32.7 Å². The van der Waals surface area contributed by atoms with Gasteiger partial charge in [0.1, 0.15) is 5.75 Å². The molecule has 1 aliphatic rings. The van der Waals surface area contributed by atoms with Crippen molar-refractivity contribution >= 4 is 5.69 Å². The van der Waals surface area contributed by atoms with Crippen LogP contribution in [0, 0.1) is 5.92 Å². The van der Waals surface area contributed by atoms with Crippen LogP contribution in [0.25, 0.3) is 0 Å². The smallest absolute Gasteiger partial charge is 0.418 e. The first-order valence-corrected chi connectivity index (χ1v) is 9.83. The maximum absolute atomic E-state index is 13.9. The van der Waals surface area contributed by atoms with Crippen molar-refractivity contribution in [3.05, 3.63) is 23.3 Å². The second-order valence-corrected chi connectivity index (χ2v) is 8.14. The summed E-state index contributed by atoms with van der Waals surface area (Å²) in [6.45, 7) is 8.43. The standard InChI is InChI=1S/C21H32F3NO2/c1-6-14(4)18-11-17(27-8-7-13(2)3)12-19(21(22,23)24)20(18)25(5)15-9-16(26)10-15/h11-16,26H,6-10H2,1-5H3. The molecule has 1 aromatic carbocycles. The van der Waals surface area contributed by atoms with Gasteiger partial charge in [-0.2, -0.15) is 13.2 Å². The Labute approximate surface area is 160 Å². The summed E-state index contributed by atoms with van der Waals surface area (Å²) in [6.07, 6.45) is -2.35. The van der Waals surface area contributed by atoms with Crippen molar-refractivity contribution in [3.8, 4) is 5.75 Å². The summed E-state index contributed by atoms with van der Waals surface area (Å²) in [6, 6.07) is 2.83. The summed E-state index contributed by atoms with van der Waals surface area (Å²) in [5.41, 5.74) is 0.240. The Bertz CT molecular complexity index is 625. The summed E-state index contributed by atoms with van der Waals surface area (Å²) >= 11 is 0. The highest BCUT2D eigenvalue weighted by Crippen LogP contribution is 2.45. The Kier molecular flexibility index (Phi) is 7.06. The number of hydrogen-bond acceptors (Lipinski definition) is 3. The van der Waals surface area contributed by atoms with Gasteiger partial charge < -0.3 is 14.7 Å². The largest absolute Gasteiger partial charge is 0.494 e. The van der Waals surface area contributed by atoms with Gasteiger partial charge in [-0.25, -0.2) is 0 Å². The van der Waals surface area contributed by atoms with E-state index in [2.05, 4.69) is 13.8 Å². The highest BCUT2D eigenvalue weighted by atomic mass is 19.4. The molecule has 27 heavy (non-hydrogen) atoms. The number of nitrogens with zero attached hydrogens (tertiary/aromatic N) is 1. The van der Waals surface area contributed by atoms with Crippen molar-refractivity contribution in [3.63, 3.8) is 0 Å². The molecular weight excluding hydrogens is 355 g/mol. The number of anilines is 1. The quantitative estimate of drug-likeness (QED) is 0.630. The third kappa shape index (κ3) is 5.31. The lowest BCUT2D eigenvalue weighted by atomic mass is 9.86. The third-order valence-corrected chi connectivity index (χ3v) is 5.51. The molecule has 0 aromatic heterocycles. The Balaban J connectivity index is 2.47. The fourth-order valence-electron chi connectivity index (χ4n) is 3.39. The molecule has 1 unspecified atom stereocenters. The molecule has 0 saturated heterocycles. The van der Waals surface area contributed by atoms with Crippen molar-refractivity contribution < 1.29 is 23.0 Å². The Morgan fingerprint density at radius 3 is 2.33 bits per heavy atom. The predicted molar refractivity (Wildman–Crippen MR) is 103 cm³/mol. The maximum Gasteiger partial charge on any atom is 0.418 e.